The lowest BCUT2D eigenvalue weighted by Gasteiger charge is -2.31. The van der Waals surface area contributed by atoms with Crippen LogP contribution in [0.5, 0.6) is 0 Å². The van der Waals surface area contributed by atoms with Crippen LogP contribution in [0.2, 0.25) is 13.1 Å². The SMILES string of the molecule is C[SiH](C)OC(c1cn(-c2ccc(N3CC(COS(C)(=O)=O)OC3=O)cc2F)cn1)C(C)(C)C. The number of nitrogens with zero attached hydrogens (tertiary/aromatic N) is 3. The third-order valence-electron chi connectivity index (χ3n) is 4.93. The highest BCUT2D eigenvalue weighted by molar-refractivity contribution is 7.85. The predicted molar refractivity (Wildman–Crippen MR) is 124 cm³/mol. The summed E-state index contributed by atoms with van der Waals surface area (Å²) in [5, 5.41) is 0. The molecule has 1 aromatic carbocycles. The number of amides is 1. The molecule has 0 radical (unpaired) electrons. The standard InChI is InChI=1S/C21H30FN3O6SSi/c1-21(2,3)19(31-33(5)6)17-11-24(13-23-17)18-8-7-14(9-16(18)22)25-10-15(30-20(25)26)12-29-32(4,27)28/h7-9,11,13,15,19,33H,10,12H2,1-6H3. The first-order chi connectivity index (χ1) is 15.2. The van der Waals surface area contributed by atoms with E-state index in [0.29, 0.717) is 5.69 Å². The van der Waals surface area contributed by atoms with Gasteiger partial charge in [0.2, 0.25) is 0 Å². The van der Waals surface area contributed by atoms with E-state index >= 15 is 4.39 Å². The van der Waals surface area contributed by atoms with Crippen LogP contribution in [0.4, 0.5) is 14.9 Å². The Morgan fingerprint density at radius 1 is 1.33 bits per heavy atom. The van der Waals surface area contributed by atoms with Crippen molar-refractivity contribution in [1.82, 2.24) is 9.55 Å². The van der Waals surface area contributed by atoms with Crippen LogP contribution in [0.15, 0.2) is 30.7 Å². The van der Waals surface area contributed by atoms with E-state index in [4.69, 9.17) is 13.3 Å². The first kappa shape index (κ1) is 25.3. The Labute approximate surface area is 195 Å². The number of carbonyl (C=O) groups excluding carboxylic acids is 1. The van der Waals surface area contributed by atoms with Gasteiger partial charge in [-0.1, -0.05) is 20.8 Å². The van der Waals surface area contributed by atoms with Gasteiger partial charge in [-0.25, -0.2) is 14.2 Å². The largest absolute Gasteiger partial charge is 0.441 e. The molecule has 1 aliphatic heterocycles. The molecule has 33 heavy (non-hydrogen) atoms. The number of anilines is 1. The second-order valence-corrected chi connectivity index (χ2v) is 13.4. The van der Waals surface area contributed by atoms with Gasteiger partial charge in [-0.15, -0.1) is 0 Å². The minimum Gasteiger partial charge on any atom is -0.441 e. The molecule has 0 aliphatic carbocycles. The zero-order chi connectivity index (χ0) is 24.6. The minimum atomic E-state index is -3.66. The van der Waals surface area contributed by atoms with Gasteiger partial charge in [0.1, 0.15) is 18.5 Å². The topological polar surface area (TPSA) is 100.0 Å². The van der Waals surface area contributed by atoms with Crippen molar-refractivity contribution in [3.05, 3.63) is 42.2 Å². The van der Waals surface area contributed by atoms with Crippen molar-refractivity contribution < 1.29 is 30.9 Å². The quantitative estimate of drug-likeness (QED) is 0.405. The lowest BCUT2D eigenvalue weighted by atomic mass is 9.87. The highest BCUT2D eigenvalue weighted by Crippen LogP contribution is 2.36. The van der Waals surface area contributed by atoms with E-state index in [1.54, 1.807) is 29.2 Å². The minimum absolute atomic E-state index is 0.0477. The zero-order valence-electron chi connectivity index (χ0n) is 19.6. The summed E-state index contributed by atoms with van der Waals surface area (Å²) in [4.78, 5) is 17.9. The van der Waals surface area contributed by atoms with Crippen LogP contribution in [0.3, 0.4) is 0 Å². The maximum Gasteiger partial charge on any atom is 0.414 e. The molecule has 2 aromatic rings. The molecule has 2 heterocycles. The highest BCUT2D eigenvalue weighted by atomic mass is 32.2. The predicted octanol–water partition coefficient (Wildman–Crippen LogP) is 3.40. The number of halogens is 1. The first-order valence-electron chi connectivity index (χ1n) is 10.6. The van der Waals surface area contributed by atoms with E-state index in [9.17, 15) is 13.2 Å². The molecule has 3 rings (SSSR count). The molecule has 1 saturated heterocycles. The van der Waals surface area contributed by atoms with Gasteiger partial charge in [0.05, 0.1) is 42.3 Å². The Hall–Kier alpha value is -2.28. The molecule has 0 saturated carbocycles. The zero-order valence-corrected chi connectivity index (χ0v) is 21.6. The summed E-state index contributed by atoms with van der Waals surface area (Å²) in [6.45, 7) is 10.2. The normalized spacial score (nSPS) is 18.1. The Morgan fingerprint density at radius 2 is 2.03 bits per heavy atom. The molecule has 1 aromatic heterocycles. The average Bonchev–Trinajstić information content (AvgIpc) is 3.29. The number of imidazole rings is 1. The Bertz CT molecular complexity index is 1120. The van der Waals surface area contributed by atoms with Crippen LogP contribution in [0.25, 0.3) is 5.69 Å². The molecule has 1 amide bonds. The fourth-order valence-corrected chi connectivity index (χ4v) is 4.98. The first-order valence-corrected chi connectivity index (χ1v) is 15.2. The molecule has 0 bridgehead atoms. The molecular weight excluding hydrogens is 469 g/mol. The third-order valence-corrected chi connectivity index (χ3v) is 6.31. The summed E-state index contributed by atoms with van der Waals surface area (Å²) < 4.78 is 54.9. The number of carbonyl (C=O) groups is 1. The molecule has 9 nitrogen and oxygen atoms in total. The molecule has 1 fully saturated rings. The summed E-state index contributed by atoms with van der Waals surface area (Å²) in [7, 11) is -4.99. The van der Waals surface area contributed by atoms with Crippen LogP contribution < -0.4 is 4.90 Å². The lowest BCUT2D eigenvalue weighted by Crippen LogP contribution is -2.26. The maximum atomic E-state index is 15.0. The van der Waals surface area contributed by atoms with Crippen LogP contribution in [0.1, 0.15) is 32.6 Å². The number of benzene rings is 1. The van der Waals surface area contributed by atoms with E-state index in [1.165, 1.54) is 11.0 Å². The smallest absolute Gasteiger partial charge is 0.414 e. The van der Waals surface area contributed by atoms with E-state index in [2.05, 4.69) is 38.8 Å². The van der Waals surface area contributed by atoms with Gasteiger partial charge in [-0.3, -0.25) is 9.08 Å². The van der Waals surface area contributed by atoms with Crippen molar-refractivity contribution >= 4 is 30.9 Å². The number of ether oxygens (including phenoxy) is 1. The molecule has 2 unspecified atom stereocenters. The molecule has 12 heteroatoms. The monoisotopic (exact) mass is 499 g/mol. The van der Waals surface area contributed by atoms with Gasteiger partial charge in [-0.05, 0) is 36.7 Å². The van der Waals surface area contributed by atoms with Gasteiger partial charge in [-0.2, -0.15) is 8.42 Å². The van der Waals surface area contributed by atoms with Crippen LogP contribution >= 0.6 is 0 Å². The van der Waals surface area contributed by atoms with Crippen molar-refractivity contribution in [2.45, 2.75) is 46.1 Å². The van der Waals surface area contributed by atoms with Gasteiger partial charge < -0.3 is 13.7 Å². The van der Waals surface area contributed by atoms with Gasteiger partial charge in [0.15, 0.2) is 9.04 Å². The van der Waals surface area contributed by atoms with Crippen molar-refractivity contribution in [3.8, 4) is 5.69 Å². The van der Waals surface area contributed by atoms with Crippen LogP contribution in [0, 0.1) is 11.2 Å². The molecule has 0 spiro atoms. The van der Waals surface area contributed by atoms with E-state index in [-0.39, 0.29) is 30.4 Å². The molecule has 1 aliphatic rings. The maximum absolute atomic E-state index is 15.0. The summed E-state index contributed by atoms with van der Waals surface area (Å²) in [5.41, 5.74) is 1.12. The van der Waals surface area contributed by atoms with Crippen molar-refractivity contribution in [1.29, 1.82) is 0 Å². The molecule has 182 valence electrons. The number of hydrogen-bond acceptors (Lipinski definition) is 7. The van der Waals surface area contributed by atoms with Gasteiger partial charge >= 0.3 is 6.09 Å². The molecule has 2 atom stereocenters. The van der Waals surface area contributed by atoms with Crippen LogP contribution in [-0.4, -0.2) is 58.6 Å². The third kappa shape index (κ3) is 6.40. The van der Waals surface area contributed by atoms with Gasteiger partial charge in [0, 0.05) is 6.20 Å². The van der Waals surface area contributed by atoms with E-state index in [1.807, 2.05) is 0 Å². The highest BCUT2D eigenvalue weighted by Gasteiger charge is 2.34. The van der Waals surface area contributed by atoms with E-state index in [0.717, 1.165) is 11.9 Å². The average molecular weight is 500 g/mol. The fraction of sp³-hybridized carbons (Fsp3) is 0.524. The summed E-state index contributed by atoms with van der Waals surface area (Å²) in [6, 6.07) is 4.38. The summed E-state index contributed by atoms with van der Waals surface area (Å²) >= 11 is 0. The molecule has 0 N–H and O–H groups in total. The number of aromatic nitrogens is 2. The Balaban J connectivity index is 1.78. The summed E-state index contributed by atoms with van der Waals surface area (Å²) in [5.74, 6) is -0.549. The summed E-state index contributed by atoms with van der Waals surface area (Å²) in [6.07, 6.45) is 2.53. The second kappa shape index (κ2) is 9.53. The number of hydrogen-bond donors (Lipinski definition) is 0. The Kier molecular flexibility index (Phi) is 7.32. The fourth-order valence-electron chi connectivity index (χ4n) is 3.49. The number of cyclic esters (lactones) is 1. The van der Waals surface area contributed by atoms with Gasteiger partial charge in [0.25, 0.3) is 10.1 Å². The Morgan fingerprint density at radius 3 is 2.61 bits per heavy atom. The van der Waals surface area contributed by atoms with Crippen molar-refractivity contribution in [2.75, 3.05) is 24.3 Å². The van der Waals surface area contributed by atoms with E-state index < -0.39 is 37.2 Å². The van der Waals surface area contributed by atoms with Crippen LogP contribution in [-0.2, 0) is 23.5 Å². The number of rotatable bonds is 8. The second-order valence-electron chi connectivity index (χ2n) is 9.38. The van der Waals surface area contributed by atoms with Crippen molar-refractivity contribution in [2.24, 2.45) is 5.41 Å². The van der Waals surface area contributed by atoms with Crippen molar-refractivity contribution in [3.63, 3.8) is 0 Å². The molecular formula is C21H30FN3O6SSi. The lowest BCUT2D eigenvalue weighted by molar-refractivity contribution is 0.0830.